The van der Waals surface area contributed by atoms with E-state index in [-0.39, 0.29) is 5.91 Å². The number of amides is 1. The van der Waals surface area contributed by atoms with Gasteiger partial charge in [-0.3, -0.25) is 4.79 Å². The van der Waals surface area contributed by atoms with Crippen LogP contribution >= 0.6 is 0 Å². The molecule has 5 rings (SSSR count). The van der Waals surface area contributed by atoms with Gasteiger partial charge in [0.2, 0.25) is 5.91 Å². The van der Waals surface area contributed by atoms with Crippen molar-refractivity contribution in [2.45, 2.75) is 19.3 Å². The largest absolute Gasteiger partial charge is 0.457 e. The van der Waals surface area contributed by atoms with Crippen molar-refractivity contribution in [2.24, 2.45) is 7.05 Å². The molecule has 0 aliphatic carbocycles. The number of ether oxygens (including phenoxy) is 1. The molecular weight excluding hydrogens is 428 g/mol. The van der Waals surface area contributed by atoms with Gasteiger partial charge in [0.25, 0.3) is 0 Å². The lowest BCUT2D eigenvalue weighted by Crippen LogP contribution is -2.34. The van der Waals surface area contributed by atoms with Crippen LogP contribution in [-0.2, 0) is 11.8 Å². The van der Waals surface area contributed by atoms with E-state index in [4.69, 9.17) is 10.5 Å². The van der Waals surface area contributed by atoms with Crippen LogP contribution in [0.25, 0.3) is 22.3 Å². The highest BCUT2D eigenvalue weighted by molar-refractivity contribution is 5.98. The van der Waals surface area contributed by atoms with Crippen LogP contribution in [0.3, 0.4) is 0 Å². The molecule has 2 aromatic heterocycles. The van der Waals surface area contributed by atoms with Crippen molar-refractivity contribution in [1.29, 1.82) is 0 Å². The number of nitrogens with two attached hydrogens (primary N) is 1. The third-order valence-corrected chi connectivity index (χ3v) is 5.60. The molecule has 2 N–H and O–H groups in total. The third kappa shape index (κ3) is 5.23. The molecule has 1 fully saturated rings. The first-order chi connectivity index (χ1) is 16.6. The summed E-state index contributed by atoms with van der Waals surface area (Å²) in [6, 6.07) is 17.4. The van der Waals surface area contributed by atoms with Crippen LogP contribution in [0, 0.1) is 0 Å². The zero-order valence-corrected chi connectivity index (χ0v) is 19.2. The molecule has 1 saturated heterocycles. The van der Waals surface area contributed by atoms with Crippen LogP contribution < -0.4 is 10.5 Å². The predicted molar refractivity (Wildman–Crippen MR) is 133 cm³/mol. The monoisotopic (exact) mass is 456 g/mol. The zero-order chi connectivity index (χ0) is 23.9. The van der Waals surface area contributed by atoms with Crippen molar-refractivity contribution in [3.8, 4) is 22.8 Å². The van der Waals surface area contributed by atoms with E-state index in [1.165, 1.54) is 18.8 Å². The maximum absolute atomic E-state index is 11.0. The van der Waals surface area contributed by atoms with E-state index >= 15 is 0 Å². The topological polar surface area (TPSA) is 99.2 Å². The third-order valence-electron chi connectivity index (χ3n) is 5.60. The number of anilines is 1. The number of nitrogen functional groups attached to an aromatic ring is 1. The van der Waals surface area contributed by atoms with Gasteiger partial charge in [0, 0.05) is 25.7 Å². The van der Waals surface area contributed by atoms with Crippen LogP contribution in [-0.4, -0.2) is 43.6 Å². The van der Waals surface area contributed by atoms with E-state index < -0.39 is 0 Å². The number of carbonyl (C=O) groups excluding carboxylic acids is 1. The number of piperidine rings is 1. The van der Waals surface area contributed by atoms with Crippen LogP contribution in [0.15, 0.2) is 73.6 Å². The summed E-state index contributed by atoms with van der Waals surface area (Å²) in [7, 11) is 1.84. The average Bonchev–Trinajstić information content (AvgIpc) is 3.23. The van der Waals surface area contributed by atoms with E-state index in [9.17, 15) is 4.79 Å². The van der Waals surface area contributed by atoms with Crippen molar-refractivity contribution < 1.29 is 9.53 Å². The molecule has 0 radical (unpaired) electrons. The highest BCUT2D eigenvalue weighted by atomic mass is 16.5. The van der Waals surface area contributed by atoms with E-state index in [2.05, 4.69) is 21.6 Å². The molecule has 4 aromatic rings. The smallest absolute Gasteiger partial charge is 0.245 e. The number of hydrogen-bond donors (Lipinski definition) is 1. The van der Waals surface area contributed by atoms with Gasteiger partial charge in [0.15, 0.2) is 5.65 Å². The summed E-state index contributed by atoms with van der Waals surface area (Å²) in [6.07, 6.45) is 6.41. The molecule has 174 valence electrons. The van der Waals surface area contributed by atoms with Gasteiger partial charge in [-0.25, -0.2) is 14.6 Å². The molecule has 0 spiro atoms. The normalized spacial score (nSPS) is 13.1. The quantitative estimate of drug-likeness (QED) is 0.451. The average molecular weight is 457 g/mol. The van der Waals surface area contributed by atoms with E-state index in [1.54, 1.807) is 4.68 Å². The van der Waals surface area contributed by atoms with Crippen molar-refractivity contribution in [3.05, 3.63) is 73.6 Å². The summed E-state index contributed by atoms with van der Waals surface area (Å²) in [5, 5.41) is 5.29. The van der Waals surface area contributed by atoms with E-state index in [0.29, 0.717) is 11.5 Å². The molecule has 8 nitrogen and oxygen atoms in total. The van der Waals surface area contributed by atoms with Gasteiger partial charge in [-0.2, -0.15) is 5.10 Å². The molecule has 1 amide bonds. The lowest BCUT2D eigenvalue weighted by atomic mass is 10.1. The number of para-hydroxylation sites is 1. The molecule has 0 unspecified atom stereocenters. The Bertz CT molecular complexity index is 1260. The Labute approximate surface area is 198 Å². The Morgan fingerprint density at radius 1 is 1.00 bits per heavy atom. The standard InChI is InChI=1S/C18H15N5O.C8H13NO/c1-23-18-15(17(19)20-11-21-18)16(22-23)12-7-9-14(10-8-12)24-13-5-3-2-4-6-13;1-2-8(10)9-6-4-3-5-7-9/h2-11H,1H3,(H2,19,20,21);2H,1,3-7H2. The van der Waals surface area contributed by atoms with Crippen LogP contribution in [0.5, 0.6) is 11.5 Å². The molecule has 0 saturated carbocycles. The van der Waals surface area contributed by atoms with Gasteiger partial charge < -0.3 is 15.4 Å². The van der Waals surface area contributed by atoms with Gasteiger partial charge in [0.05, 0.1) is 5.39 Å². The SMILES string of the molecule is C=CC(=O)N1CCCCC1.Cn1nc(-c2ccc(Oc3ccccc3)cc2)c2c(N)ncnc21. The highest BCUT2D eigenvalue weighted by Crippen LogP contribution is 2.31. The fraction of sp³-hybridized carbons (Fsp3) is 0.231. The lowest BCUT2D eigenvalue weighted by molar-refractivity contribution is -0.126. The highest BCUT2D eigenvalue weighted by Gasteiger charge is 2.15. The summed E-state index contributed by atoms with van der Waals surface area (Å²) in [4.78, 5) is 21.1. The number of benzene rings is 2. The van der Waals surface area contributed by atoms with Crippen LogP contribution in [0.1, 0.15) is 19.3 Å². The van der Waals surface area contributed by atoms with Gasteiger partial charge in [0.1, 0.15) is 29.3 Å². The van der Waals surface area contributed by atoms with Crippen LogP contribution in [0.4, 0.5) is 5.82 Å². The fourth-order valence-corrected chi connectivity index (χ4v) is 3.86. The minimum Gasteiger partial charge on any atom is -0.457 e. The molecule has 1 aliphatic heterocycles. The minimum absolute atomic E-state index is 0.0831. The second kappa shape index (κ2) is 10.6. The van der Waals surface area contributed by atoms with Gasteiger partial charge in [-0.05, 0) is 61.7 Å². The predicted octanol–water partition coefficient (Wildman–Crippen LogP) is 4.59. The zero-order valence-electron chi connectivity index (χ0n) is 19.2. The number of aryl methyl sites for hydroxylation is 1. The summed E-state index contributed by atoms with van der Waals surface area (Å²) in [6.45, 7) is 5.29. The molecular formula is C26H28N6O2. The number of aromatic nitrogens is 4. The summed E-state index contributed by atoms with van der Waals surface area (Å²) in [5.41, 5.74) is 8.41. The van der Waals surface area contributed by atoms with Crippen molar-refractivity contribution >= 4 is 22.8 Å². The first kappa shape index (κ1) is 23.0. The molecule has 0 atom stereocenters. The number of likely N-dealkylation sites (tertiary alicyclic amines) is 1. The Morgan fingerprint density at radius 3 is 2.35 bits per heavy atom. The molecule has 2 aromatic carbocycles. The summed E-state index contributed by atoms with van der Waals surface area (Å²) >= 11 is 0. The molecule has 34 heavy (non-hydrogen) atoms. The molecule has 8 heteroatoms. The first-order valence-corrected chi connectivity index (χ1v) is 11.2. The maximum Gasteiger partial charge on any atom is 0.245 e. The van der Waals surface area contributed by atoms with Crippen LogP contribution in [0.2, 0.25) is 0 Å². The number of nitrogens with zero attached hydrogens (tertiary/aromatic N) is 5. The van der Waals surface area contributed by atoms with Gasteiger partial charge in [-0.15, -0.1) is 0 Å². The van der Waals surface area contributed by atoms with Gasteiger partial charge >= 0.3 is 0 Å². The number of fused-ring (bicyclic) bond motifs is 1. The van der Waals surface area contributed by atoms with E-state index in [0.717, 1.165) is 54.1 Å². The second-order valence-electron chi connectivity index (χ2n) is 7.96. The summed E-state index contributed by atoms with van der Waals surface area (Å²) < 4.78 is 7.52. The maximum atomic E-state index is 11.0. The Kier molecular flexibility index (Phi) is 7.17. The Hall–Kier alpha value is -4.20. The Balaban J connectivity index is 0.000000231. The number of carbonyl (C=O) groups is 1. The molecule has 3 heterocycles. The number of rotatable bonds is 4. The molecule has 1 aliphatic rings. The second-order valence-corrected chi connectivity index (χ2v) is 7.96. The first-order valence-electron chi connectivity index (χ1n) is 11.2. The van der Waals surface area contributed by atoms with E-state index in [1.807, 2.05) is 66.5 Å². The minimum atomic E-state index is 0.0831. The van der Waals surface area contributed by atoms with Gasteiger partial charge in [-0.1, -0.05) is 24.8 Å². The van der Waals surface area contributed by atoms with Crippen molar-refractivity contribution in [2.75, 3.05) is 18.8 Å². The van der Waals surface area contributed by atoms with Crippen molar-refractivity contribution in [3.63, 3.8) is 0 Å². The lowest BCUT2D eigenvalue weighted by Gasteiger charge is -2.25. The molecule has 0 bridgehead atoms. The van der Waals surface area contributed by atoms with Crippen molar-refractivity contribution in [1.82, 2.24) is 24.6 Å². The number of hydrogen-bond acceptors (Lipinski definition) is 6. The summed E-state index contributed by atoms with van der Waals surface area (Å²) in [5.74, 6) is 2.06. The fourth-order valence-electron chi connectivity index (χ4n) is 3.86. The Morgan fingerprint density at radius 2 is 1.68 bits per heavy atom.